The number of piperidine rings is 1. The summed E-state index contributed by atoms with van der Waals surface area (Å²) < 4.78 is 10.3. The van der Waals surface area contributed by atoms with E-state index in [0.717, 1.165) is 37.2 Å². The number of methoxy groups -OCH3 is 1. The van der Waals surface area contributed by atoms with Gasteiger partial charge >= 0.3 is 0 Å². The number of carbonyl (C=O) groups is 2. The fraction of sp³-hybridized carbons (Fsp3) is 0.435. The number of nitrogens with one attached hydrogen (secondary N) is 2. The Morgan fingerprint density at radius 1 is 1.34 bits per heavy atom. The van der Waals surface area contributed by atoms with Crippen molar-refractivity contribution in [1.29, 1.82) is 0 Å². The summed E-state index contributed by atoms with van der Waals surface area (Å²) in [5, 5.41) is 7.29. The Bertz CT molecular complexity index is 1100. The van der Waals surface area contributed by atoms with Crippen molar-refractivity contribution in [3.05, 3.63) is 41.8 Å². The van der Waals surface area contributed by atoms with E-state index in [-0.39, 0.29) is 22.8 Å². The molecule has 8 nitrogen and oxygen atoms in total. The Hall–Kier alpha value is -2.94. The number of H-pyrrole nitrogens is 1. The normalized spacial score (nSPS) is 15.7. The number of ether oxygens (including phenoxy) is 1. The number of hydrogen-bond acceptors (Lipinski definition) is 6. The van der Waals surface area contributed by atoms with Crippen molar-refractivity contribution in [3.63, 3.8) is 0 Å². The highest BCUT2D eigenvalue weighted by Crippen LogP contribution is 2.34. The quantitative estimate of drug-likeness (QED) is 0.559. The van der Waals surface area contributed by atoms with E-state index < -0.39 is 0 Å². The Labute approximate surface area is 191 Å². The van der Waals surface area contributed by atoms with Crippen molar-refractivity contribution >= 4 is 40.3 Å². The summed E-state index contributed by atoms with van der Waals surface area (Å²) in [6.45, 7) is 4.99. The number of aryl methyl sites for hydroxylation is 1. The van der Waals surface area contributed by atoms with Crippen LogP contribution >= 0.6 is 11.8 Å². The fourth-order valence-corrected chi connectivity index (χ4v) is 4.83. The van der Waals surface area contributed by atoms with Gasteiger partial charge in [0.1, 0.15) is 11.5 Å². The lowest BCUT2D eigenvalue weighted by molar-refractivity contribution is -0.129. The van der Waals surface area contributed by atoms with Gasteiger partial charge in [0.25, 0.3) is 0 Å². The molecule has 1 fully saturated rings. The number of thioether (sulfide) groups is 1. The van der Waals surface area contributed by atoms with Crippen LogP contribution in [0, 0.1) is 6.92 Å². The van der Waals surface area contributed by atoms with Gasteiger partial charge in [-0.1, -0.05) is 5.16 Å². The third kappa shape index (κ3) is 4.93. The Kier molecular flexibility index (Phi) is 6.74. The molecule has 170 valence electrons. The van der Waals surface area contributed by atoms with E-state index in [1.165, 1.54) is 22.7 Å². The van der Waals surface area contributed by atoms with Gasteiger partial charge in [0.2, 0.25) is 11.8 Å². The monoisotopic (exact) mass is 456 g/mol. The molecular formula is C23H28N4O4S. The van der Waals surface area contributed by atoms with Crippen molar-refractivity contribution in [2.75, 3.05) is 31.3 Å². The van der Waals surface area contributed by atoms with Gasteiger partial charge in [-0.2, -0.15) is 0 Å². The molecule has 3 heterocycles. The zero-order chi connectivity index (χ0) is 22.7. The first-order valence-corrected chi connectivity index (χ1v) is 11.8. The molecule has 1 unspecified atom stereocenters. The van der Waals surface area contributed by atoms with Crippen LogP contribution in [0.25, 0.3) is 10.9 Å². The topological polar surface area (TPSA) is 100 Å². The zero-order valence-electron chi connectivity index (χ0n) is 18.5. The molecule has 0 bridgehead atoms. The fourth-order valence-electron chi connectivity index (χ4n) is 4.04. The summed E-state index contributed by atoms with van der Waals surface area (Å²) in [6.07, 6.45) is 3.92. The minimum absolute atomic E-state index is 0.0750. The smallest absolute Gasteiger partial charge is 0.238 e. The summed E-state index contributed by atoms with van der Waals surface area (Å²) >= 11 is 1.34. The molecule has 0 saturated carbocycles. The first kappa shape index (κ1) is 22.3. The number of aromatic amines is 1. The molecule has 1 saturated heterocycles. The first-order valence-electron chi connectivity index (χ1n) is 10.7. The Morgan fingerprint density at radius 3 is 2.81 bits per heavy atom. The third-order valence-corrected chi connectivity index (χ3v) is 7.04. The van der Waals surface area contributed by atoms with Gasteiger partial charge in [-0.3, -0.25) is 9.59 Å². The second kappa shape index (κ2) is 9.68. The second-order valence-corrected chi connectivity index (χ2v) is 9.40. The number of benzene rings is 1. The molecule has 1 aromatic carbocycles. The highest BCUT2D eigenvalue weighted by molar-refractivity contribution is 8.01. The predicted molar refractivity (Wildman–Crippen MR) is 125 cm³/mol. The molecule has 2 amide bonds. The second-order valence-electron chi connectivity index (χ2n) is 8.08. The lowest BCUT2D eigenvalue weighted by Gasteiger charge is -2.32. The Morgan fingerprint density at radius 2 is 2.12 bits per heavy atom. The zero-order valence-corrected chi connectivity index (χ0v) is 19.3. The van der Waals surface area contributed by atoms with Gasteiger partial charge in [0.15, 0.2) is 5.82 Å². The lowest BCUT2D eigenvalue weighted by Crippen LogP contribution is -2.39. The van der Waals surface area contributed by atoms with Crippen LogP contribution in [0.1, 0.15) is 37.0 Å². The van der Waals surface area contributed by atoms with E-state index in [4.69, 9.17) is 9.26 Å². The van der Waals surface area contributed by atoms with E-state index >= 15 is 0 Å². The van der Waals surface area contributed by atoms with Crippen LogP contribution in [-0.4, -0.2) is 58.1 Å². The highest BCUT2D eigenvalue weighted by Gasteiger charge is 2.26. The maximum Gasteiger partial charge on any atom is 0.238 e. The maximum absolute atomic E-state index is 12.7. The minimum atomic E-state index is -0.366. The molecule has 2 aromatic heterocycles. The summed E-state index contributed by atoms with van der Waals surface area (Å²) in [4.78, 5) is 30.2. The van der Waals surface area contributed by atoms with Crippen LogP contribution < -0.4 is 10.1 Å². The number of amides is 2. The van der Waals surface area contributed by atoms with Crippen molar-refractivity contribution in [2.24, 2.45) is 0 Å². The van der Waals surface area contributed by atoms with Gasteiger partial charge in [0, 0.05) is 36.3 Å². The molecule has 0 radical (unpaired) electrons. The molecule has 1 aliphatic rings. The summed E-state index contributed by atoms with van der Waals surface area (Å²) in [7, 11) is 1.68. The maximum atomic E-state index is 12.7. The van der Waals surface area contributed by atoms with E-state index in [2.05, 4.69) is 27.7 Å². The van der Waals surface area contributed by atoms with Crippen molar-refractivity contribution in [3.8, 4) is 5.75 Å². The number of anilines is 1. The number of likely N-dealkylation sites (tertiary alicyclic amines) is 1. The van der Waals surface area contributed by atoms with E-state index in [1.807, 2.05) is 17.0 Å². The molecule has 32 heavy (non-hydrogen) atoms. The molecular weight excluding hydrogens is 428 g/mol. The molecule has 3 aromatic rings. The first-order chi connectivity index (χ1) is 15.4. The number of nitrogens with zero attached hydrogens (tertiary/aromatic N) is 2. The van der Waals surface area contributed by atoms with Crippen LogP contribution in [0.5, 0.6) is 5.75 Å². The van der Waals surface area contributed by atoms with Crippen molar-refractivity contribution < 1.29 is 18.8 Å². The standard InChI is InChI=1S/C23H28N4O4S/c1-14-10-21(26-31-14)25-23(29)15(2)32-13-22(28)27-8-6-16(7-9-27)19-12-24-20-5-4-17(30-3)11-18(19)20/h4-5,10-12,15-16,24H,6-9,13H2,1-3H3,(H,25,26,29). The highest BCUT2D eigenvalue weighted by atomic mass is 32.2. The van der Waals surface area contributed by atoms with Crippen molar-refractivity contribution in [2.45, 2.75) is 37.9 Å². The van der Waals surface area contributed by atoms with E-state index in [1.54, 1.807) is 27.0 Å². The SMILES string of the molecule is COc1ccc2[nH]cc(C3CCN(C(=O)CSC(C)C(=O)Nc4cc(C)on4)CC3)c2c1. The van der Waals surface area contributed by atoms with E-state index in [0.29, 0.717) is 17.5 Å². The lowest BCUT2D eigenvalue weighted by atomic mass is 9.89. The predicted octanol–water partition coefficient (Wildman–Crippen LogP) is 3.94. The van der Waals surface area contributed by atoms with Crippen LogP contribution in [0.4, 0.5) is 5.82 Å². The summed E-state index contributed by atoms with van der Waals surface area (Å²) in [5.74, 6) is 2.44. The van der Waals surface area contributed by atoms with Crippen molar-refractivity contribution in [1.82, 2.24) is 15.0 Å². The molecule has 1 atom stereocenters. The number of fused-ring (bicyclic) bond motifs is 1. The number of aromatic nitrogens is 2. The average molecular weight is 457 g/mol. The molecule has 4 rings (SSSR count). The van der Waals surface area contributed by atoms with Gasteiger partial charge in [-0.15, -0.1) is 11.8 Å². The van der Waals surface area contributed by atoms with Crippen LogP contribution in [0.3, 0.4) is 0 Å². The molecule has 1 aliphatic heterocycles. The van der Waals surface area contributed by atoms with Crippen LogP contribution in [0.2, 0.25) is 0 Å². The van der Waals surface area contributed by atoms with Crippen LogP contribution in [0.15, 0.2) is 35.0 Å². The molecule has 9 heteroatoms. The molecule has 0 aliphatic carbocycles. The van der Waals surface area contributed by atoms with Gasteiger partial charge in [-0.25, -0.2) is 0 Å². The number of rotatable bonds is 7. The van der Waals surface area contributed by atoms with Crippen LogP contribution in [-0.2, 0) is 9.59 Å². The largest absolute Gasteiger partial charge is 0.497 e. The molecule has 0 spiro atoms. The summed E-state index contributed by atoms with van der Waals surface area (Å²) in [5.41, 5.74) is 2.39. The summed E-state index contributed by atoms with van der Waals surface area (Å²) in [6, 6.07) is 7.72. The number of carbonyl (C=O) groups excluding carboxylic acids is 2. The van der Waals surface area contributed by atoms with Gasteiger partial charge < -0.3 is 24.5 Å². The minimum Gasteiger partial charge on any atom is -0.497 e. The van der Waals surface area contributed by atoms with E-state index in [9.17, 15) is 9.59 Å². The Balaban J connectivity index is 1.27. The van der Waals surface area contributed by atoms with Gasteiger partial charge in [0.05, 0.1) is 18.1 Å². The van der Waals surface area contributed by atoms with Gasteiger partial charge in [-0.05, 0) is 56.4 Å². The third-order valence-electron chi connectivity index (χ3n) is 5.91. The number of hydrogen-bond donors (Lipinski definition) is 2. The average Bonchev–Trinajstić information content (AvgIpc) is 3.42. The molecule has 2 N–H and O–H groups in total.